The fraction of sp³-hybridized carbons (Fsp3) is 0.190. The second-order valence-corrected chi connectivity index (χ2v) is 7.97. The zero-order chi connectivity index (χ0) is 21.7. The molecule has 30 heavy (non-hydrogen) atoms. The Morgan fingerprint density at radius 1 is 1.23 bits per heavy atom. The average molecular weight is 440 g/mol. The highest BCUT2D eigenvalue weighted by molar-refractivity contribution is 8.03. The molecule has 9 heteroatoms. The SMILES string of the molecule is CC1=NC(SCC(N)=O)=C(C#N)[C@H](c2ccncc2)C1C(=O)Nc1ccc(Cl)cc1. The van der Waals surface area contributed by atoms with Gasteiger partial charge in [-0.2, -0.15) is 5.26 Å². The number of nitrogens with two attached hydrogens (primary N) is 1. The standard InChI is InChI=1S/C21H18ClN5O2S/c1-12-18(20(29)27-15-4-2-14(22)3-5-15)19(13-6-8-25-9-7-13)16(10-23)21(26-12)30-11-17(24)28/h2-9,18-19H,11H2,1H3,(H2,24,28)(H,27,29)/t18?,19-/m0/s1. The van der Waals surface area contributed by atoms with Gasteiger partial charge >= 0.3 is 0 Å². The number of nitrogens with zero attached hydrogens (tertiary/aromatic N) is 3. The first-order valence-electron chi connectivity index (χ1n) is 8.97. The molecule has 0 bridgehead atoms. The molecule has 0 saturated heterocycles. The van der Waals surface area contributed by atoms with Crippen LogP contribution in [0.4, 0.5) is 5.69 Å². The third-order valence-corrected chi connectivity index (χ3v) is 5.80. The van der Waals surface area contributed by atoms with Gasteiger partial charge in [0.15, 0.2) is 0 Å². The summed E-state index contributed by atoms with van der Waals surface area (Å²) in [6.45, 7) is 1.74. The molecule has 0 aliphatic carbocycles. The van der Waals surface area contributed by atoms with Crippen molar-refractivity contribution in [2.45, 2.75) is 12.8 Å². The minimum Gasteiger partial charge on any atom is -0.369 e. The summed E-state index contributed by atoms with van der Waals surface area (Å²) in [4.78, 5) is 33.0. The van der Waals surface area contributed by atoms with Crippen LogP contribution >= 0.6 is 23.4 Å². The molecule has 3 N–H and O–H groups in total. The van der Waals surface area contributed by atoms with Gasteiger partial charge in [0.05, 0.1) is 23.3 Å². The van der Waals surface area contributed by atoms with E-state index in [1.54, 1.807) is 55.7 Å². The van der Waals surface area contributed by atoms with Crippen LogP contribution in [0.3, 0.4) is 0 Å². The lowest BCUT2D eigenvalue weighted by Gasteiger charge is -2.30. The lowest BCUT2D eigenvalue weighted by Crippen LogP contribution is -2.36. The monoisotopic (exact) mass is 439 g/mol. The van der Waals surface area contributed by atoms with E-state index in [9.17, 15) is 14.9 Å². The number of hydrogen-bond donors (Lipinski definition) is 2. The number of primary amides is 1. The van der Waals surface area contributed by atoms with E-state index in [1.807, 2.05) is 0 Å². The van der Waals surface area contributed by atoms with Gasteiger partial charge < -0.3 is 11.1 Å². The molecule has 1 unspecified atom stereocenters. The van der Waals surface area contributed by atoms with Crippen molar-refractivity contribution in [2.24, 2.45) is 16.6 Å². The predicted molar refractivity (Wildman–Crippen MR) is 118 cm³/mol. The van der Waals surface area contributed by atoms with Crippen molar-refractivity contribution in [1.29, 1.82) is 5.26 Å². The number of aliphatic imine (C=N–C) groups is 1. The number of hydrogen-bond acceptors (Lipinski definition) is 6. The number of nitriles is 1. The summed E-state index contributed by atoms with van der Waals surface area (Å²) in [7, 11) is 0. The highest BCUT2D eigenvalue weighted by atomic mass is 35.5. The predicted octanol–water partition coefficient (Wildman–Crippen LogP) is 3.50. The molecule has 152 valence electrons. The van der Waals surface area contributed by atoms with Crippen LogP contribution in [-0.4, -0.2) is 28.3 Å². The number of aromatic nitrogens is 1. The van der Waals surface area contributed by atoms with E-state index < -0.39 is 17.7 Å². The highest BCUT2D eigenvalue weighted by Gasteiger charge is 2.39. The van der Waals surface area contributed by atoms with Crippen molar-refractivity contribution < 1.29 is 9.59 Å². The van der Waals surface area contributed by atoms with Gasteiger partial charge in [0, 0.05) is 34.7 Å². The Bertz CT molecular complexity index is 1060. The van der Waals surface area contributed by atoms with E-state index in [-0.39, 0.29) is 11.7 Å². The number of rotatable bonds is 6. The van der Waals surface area contributed by atoms with Gasteiger partial charge in [-0.25, -0.2) is 4.99 Å². The van der Waals surface area contributed by atoms with E-state index in [0.717, 1.165) is 17.3 Å². The first-order chi connectivity index (χ1) is 14.4. The molecule has 2 aromatic rings. The number of allylic oxidation sites excluding steroid dienone is 1. The third kappa shape index (κ3) is 4.87. The molecule has 0 saturated carbocycles. The number of amides is 2. The van der Waals surface area contributed by atoms with E-state index in [1.165, 1.54) is 0 Å². The number of carbonyl (C=O) groups is 2. The second-order valence-electron chi connectivity index (χ2n) is 6.57. The molecule has 3 rings (SSSR count). The maximum absolute atomic E-state index is 13.2. The van der Waals surface area contributed by atoms with E-state index in [2.05, 4.69) is 21.4 Å². The molecular weight excluding hydrogens is 422 g/mol. The molecule has 2 atom stereocenters. The largest absolute Gasteiger partial charge is 0.369 e. The van der Waals surface area contributed by atoms with Crippen LogP contribution in [0, 0.1) is 17.2 Å². The van der Waals surface area contributed by atoms with Gasteiger partial charge in [0.2, 0.25) is 11.8 Å². The molecule has 7 nitrogen and oxygen atoms in total. The molecule has 2 amide bonds. The molecule has 1 aliphatic rings. The Balaban J connectivity index is 2.01. The van der Waals surface area contributed by atoms with Crippen LogP contribution in [0.1, 0.15) is 18.4 Å². The zero-order valence-corrected chi connectivity index (χ0v) is 17.6. The molecule has 1 aromatic carbocycles. The number of halogens is 1. The van der Waals surface area contributed by atoms with E-state index in [0.29, 0.717) is 27.0 Å². The fourth-order valence-electron chi connectivity index (χ4n) is 3.22. The number of anilines is 1. The lowest BCUT2D eigenvalue weighted by atomic mass is 9.77. The van der Waals surface area contributed by atoms with Crippen molar-refractivity contribution in [3.63, 3.8) is 0 Å². The van der Waals surface area contributed by atoms with Crippen molar-refractivity contribution in [1.82, 2.24) is 4.98 Å². The Labute approximate surface area is 183 Å². The minimum absolute atomic E-state index is 0.0119. The summed E-state index contributed by atoms with van der Waals surface area (Å²) in [5, 5.41) is 13.7. The Morgan fingerprint density at radius 2 is 1.90 bits per heavy atom. The van der Waals surface area contributed by atoms with Crippen molar-refractivity contribution in [2.75, 3.05) is 11.1 Å². The third-order valence-electron chi connectivity index (χ3n) is 4.53. The number of carbonyl (C=O) groups excluding carboxylic acids is 2. The topological polar surface area (TPSA) is 121 Å². The smallest absolute Gasteiger partial charge is 0.234 e. The van der Waals surface area contributed by atoms with Gasteiger partial charge in [-0.1, -0.05) is 23.4 Å². The van der Waals surface area contributed by atoms with Crippen molar-refractivity contribution in [3.8, 4) is 6.07 Å². The summed E-state index contributed by atoms with van der Waals surface area (Å²) < 4.78 is 0. The zero-order valence-electron chi connectivity index (χ0n) is 16.0. The highest BCUT2D eigenvalue weighted by Crippen LogP contribution is 2.42. The van der Waals surface area contributed by atoms with Crippen LogP contribution in [-0.2, 0) is 9.59 Å². The van der Waals surface area contributed by atoms with Crippen LogP contribution in [0.5, 0.6) is 0 Å². The van der Waals surface area contributed by atoms with Crippen LogP contribution in [0.2, 0.25) is 5.02 Å². The Hall–Kier alpha value is -3.15. The first kappa shape index (κ1) is 21.6. The van der Waals surface area contributed by atoms with Crippen molar-refractivity contribution >= 4 is 46.6 Å². The average Bonchev–Trinajstić information content (AvgIpc) is 2.73. The van der Waals surface area contributed by atoms with E-state index in [4.69, 9.17) is 17.3 Å². The lowest BCUT2D eigenvalue weighted by molar-refractivity contribution is -0.118. The second kappa shape index (κ2) is 9.57. The van der Waals surface area contributed by atoms with Crippen LogP contribution in [0.15, 0.2) is 64.4 Å². The summed E-state index contributed by atoms with van der Waals surface area (Å²) in [6, 6.07) is 12.5. The quantitative estimate of drug-likeness (QED) is 0.713. The number of benzene rings is 1. The molecule has 0 spiro atoms. The number of nitrogens with one attached hydrogen (secondary N) is 1. The molecule has 0 radical (unpaired) electrons. The van der Waals surface area contributed by atoms with Gasteiger partial charge in [-0.3, -0.25) is 14.6 Å². The van der Waals surface area contributed by atoms with Crippen molar-refractivity contribution in [3.05, 3.63) is 70.0 Å². The summed E-state index contributed by atoms with van der Waals surface area (Å²) in [5.41, 5.74) is 7.44. The molecule has 2 heterocycles. The summed E-state index contributed by atoms with van der Waals surface area (Å²) >= 11 is 7.01. The van der Waals surface area contributed by atoms with Gasteiger partial charge in [-0.15, -0.1) is 0 Å². The van der Waals surface area contributed by atoms with Gasteiger partial charge in [0.1, 0.15) is 5.03 Å². The molecule has 0 fully saturated rings. The number of thioether (sulfide) groups is 1. The fourth-order valence-corrected chi connectivity index (χ4v) is 4.16. The molecular formula is C21H18ClN5O2S. The van der Waals surface area contributed by atoms with Gasteiger partial charge in [0.25, 0.3) is 0 Å². The minimum atomic E-state index is -0.712. The van der Waals surface area contributed by atoms with Crippen LogP contribution < -0.4 is 11.1 Å². The maximum atomic E-state index is 13.2. The first-order valence-corrected chi connectivity index (χ1v) is 10.3. The molecule has 1 aromatic heterocycles. The normalized spacial score (nSPS) is 18.4. The Kier molecular flexibility index (Phi) is 6.87. The summed E-state index contributed by atoms with van der Waals surface area (Å²) in [5.74, 6) is -2.11. The molecule has 1 aliphatic heterocycles. The van der Waals surface area contributed by atoms with Crippen LogP contribution in [0.25, 0.3) is 0 Å². The summed E-state index contributed by atoms with van der Waals surface area (Å²) in [6.07, 6.45) is 3.21. The maximum Gasteiger partial charge on any atom is 0.234 e. The van der Waals surface area contributed by atoms with Gasteiger partial charge in [-0.05, 0) is 48.9 Å². The van der Waals surface area contributed by atoms with E-state index >= 15 is 0 Å². The number of pyridine rings is 1. The Morgan fingerprint density at radius 3 is 2.50 bits per heavy atom.